The van der Waals surface area contributed by atoms with Crippen molar-refractivity contribution in [1.82, 2.24) is 10.0 Å². The van der Waals surface area contributed by atoms with Crippen molar-refractivity contribution in [2.24, 2.45) is 5.41 Å². The van der Waals surface area contributed by atoms with Crippen LogP contribution in [0.5, 0.6) is 0 Å². The van der Waals surface area contributed by atoms with Crippen LogP contribution in [0.15, 0.2) is 0 Å². The lowest BCUT2D eigenvalue weighted by Crippen LogP contribution is -2.52. The molecule has 2 aliphatic carbocycles. The van der Waals surface area contributed by atoms with Crippen LogP contribution in [0.1, 0.15) is 59.3 Å². The van der Waals surface area contributed by atoms with E-state index in [0.717, 1.165) is 25.9 Å². The minimum Gasteiger partial charge on any atom is -0.598 e. The molecule has 5 heteroatoms. The van der Waals surface area contributed by atoms with Crippen LogP contribution < -0.4 is 10.0 Å². The van der Waals surface area contributed by atoms with Gasteiger partial charge in [0.05, 0.1) is 18.2 Å². The lowest BCUT2D eigenvalue weighted by molar-refractivity contribution is 0.0327. The van der Waals surface area contributed by atoms with Crippen molar-refractivity contribution in [3.63, 3.8) is 0 Å². The Bertz CT molecular complexity index is 362. The fourth-order valence-corrected chi connectivity index (χ4v) is 4.69. The van der Waals surface area contributed by atoms with Gasteiger partial charge in [0.15, 0.2) is 0 Å². The quantitative estimate of drug-likeness (QED) is 0.781. The molecule has 3 atom stereocenters. The Morgan fingerprint density at radius 3 is 2.43 bits per heavy atom. The Hall–Kier alpha value is 0.190. The molecule has 1 heterocycles. The van der Waals surface area contributed by atoms with E-state index in [-0.39, 0.29) is 10.2 Å². The van der Waals surface area contributed by atoms with Gasteiger partial charge in [0.1, 0.15) is 4.75 Å². The second-order valence-corrected chi connectivity index (χ2v) is 10.1. The predicted octanol–water partition coefficient (Wildman–Crippen LogP) is 2.12. The molecular formula is C16H30N2O2S. The minimum atomic E-state index is -0.993. The van der Waals surface area contributed by atoms with E-state index < -0.39 is 11.4 Å². The maximum absolute atomic E-state index is 12.5. The van der Waals surface area contributed by atoms with Crippen LogP contribution in [0.25, 0.3) is 0 Å². The molecule has 1 unspecified atom stereocenters. The molecule has 2 saturated carbocycles. The minimum absolute atomic E-state index is 0.205. The number of hydrogen-bond acceptors (Lipinski definition) is 4. The number of nitrogens with one attached hydrogen (secondary N) is 2. The summed E-state index contributed by atoms with van der Waals surface area (Å²) in [6.45, 7) is 8.28. The van der Waals surface area contributed by atoms with Gasteiger partial charge in [-0.15, -0.1) is 4.72 Å². The van der Waals surface area contributed by atoms with Crippen molar-refractivity contribution < 1.29 is 9.29 Å². The molecule has 3 fully saturated rings. The standard InChI is InChI=1S/C16H30N2O2S/c1-15(2,3)21(19)18-14-10-13(20-12-4-5-12)11-16(14)6-8-17-9-7-16/h12-14,17-18H,4-11H2,1-3H3/t13-,14+,21?/m0/s1. The van der Waals surface area contributed by atoms with Crippen molar-refractivity contribution in [2.45, 2.75) is 82.3 Å². The molecule has 3 rings (SSSR count). The van der Waals surface area contributed by atoms with Crippen LogP contribution in [-0.4, -0.2) is 40.6 Å². The number of hydrogen-bond donors (Lipinski definition) is 2. The van der Waals surface area contributed by atoms with Crippen LogP contribution >= 0.6 is 0 Å². The first-order chi connectivity index (χ1) is 9.89. The van der Waals surface area contributed by atoms with Crippen LogP contribution in [0.2, 0.25) is 0 Å². The van der Waals surface area contributed by atoms with Gasteiger partial charge in [-0.05, 0) is 77.8 Å². The SMILES string of the molecule is CC(C)(C)[S+]([O-])N[C@@H]1C[C@H](OC2CC2)CC12CCNCC2. The average Bonchev–Trinajstić information content (AvgIpc) is 3.16. The summed E-state index contributed by atoms with van der Waals surface area (Å²) in [4.78, 5) is 0. The molecule has 1 spiro atoms. The lowest BCUT2D eigenvalue weighted by Gasteiger charge is -2.40. The van der Waals surface area contributed by atoms with Gasteiger partial charge in [0.25, 0.3) is 0 Å². The summed E-state index contributed by atoms with van der Waals surface area (Å²) in [5, 5.41) is 3.46. The van der Waals surface area contributed by atoms with Crippen molar-refractivity contribution in [1.29, 1.82) is 0 Å². The maximum atomic E-state index is 12.5. The first kappa shape index (κ1) is 16.1. The monoisotopic (exact) mass is 314 g/mol. The molecule has 3 aliphatic rings. The summed E-state index contributed by atoms with van der Waals surface area (Å²) in [5.74, 6) is 0. The van der Waals surface area contributed by atoms with E-state index in [1.54, 1.807) is 0 Å². The van der Waals surface area contributed by atoms with Gasteiger partial charge in [0, 0.05) is 11.4 Å². The highest BCUT2D eigenvalue weighted by atomic mass is 32.2. The predicted molar refractivity (Wildman–Crippen MR) is 86.5 cm³/mol. The van der Waals surface area contributed by atoms with Crippen molar-refractivity contribution in [3.05, 3.63) is 0 Å². The third-order valence-electron chi connectivity index (χ3n) is 5.19. The van der Waals surface area contributed by atoms with Gasteiger partial charge in [-0.25, -0.2) is 0 Å². The molecule has 2 N–H and O–H groups in total. The highest BCUT2D eigenvalue weighted by Gasteiger charge is 2.51. The highest BCUT2D eigenvalue weighted by Crippen LogP contribution is 2.48. The van der Waals surface area contributed by atoms with E-state index in [0.29, 0.717) is 18.2 Å². The number of piperidine rings is 1. The fourth-order valence-electron chi connectivity index (χ4n) is 3.73. The zero-order valence-electron chi connectivity index (χ0n) is 13.6. The molecule has 21 heavy (non-hydrogen) atoms. The zero-order valence-corrected chi connectivity index (χ0v) is 14.4. The first-order valence-corrected chi connectivity index (χ1v) is 9.58. The smallest absolute Gasteiger partial charge is 0.136 e. The molecule has 1 aliphatic heterocycles. The van der Waals surface area contributed by atoms with Crippen LogP contribution in [0.4, 0.5) is 0 Å². The Balaban J connectivity index is 1.68. The van der Waals surface area contributed by atoms with Crippen LogP contribution in [0, 0.1) is 5.41 Å². The van der Waals surface area contributed by atoms with Crippen molar-refractivity contribution in [3.8, 4) is 0 Å². The summed E-state index contributed by atoms with van der Waals surface area (Å²) in [7, 11) is 0. The first-order valence-electron chi connectivity index (χ1n) is 8.43. The van der Waals surface area contributed by atoms with Gasteiger partial charge < -0.3 is 14.6 Å². The molecule has 122 valence electrons. The summed E-state index contributed by atoms with van der Waals surface area (Å²) >= 11 is -0.993. The molecule has 0 aromatic carbocycles. The van der Waals surface area contributed by atoms with Gasteiger partial charge >= 0.3 is 0 Å². The van der Waals surface area contributed by atoms with Gasteiger partial charge in [-0.2, -0.15) is 0 Å². The van der Waals surface area contributed by atoms with E-state index >= 15 is 0 Å². The van der Waals surface area contributed by atoms with Crippen molar-refractivity contribution in [2.75, 3.05) is 13.1 Å². The highest BCUT2D eigenvalue weighted by molar-refractivity contribution is 7.90. The third kappa shape index (κ3) is 3.75. The Kier molecular flexibility index (Phi) is 4.59. The summed E-state index contributed by atoms with van der Waals surface area (Å²) in [5.41, 5.74) is 0.283. The topological polar surface area (TPSA) is 56.3 Å². The maximum Gasteiger partial charge on any atom is 0.136 e. The van der Waals surface area contributed by atoms with Gasteiger partial charge in [-0.1, -0.05) is 0 Å². The summed E-state index contributed by atoms with van der Waals surface area (Å²) < 4.78 is 22.0. The Labute approximate surface area is 132 Å². The second-order valence-electron chi connectivity index (χ2n) is 8.06. The zero-order chi connectivity index (χ0) is 15.1. The van der Waals surface area contributed by atoms with Gasteiger partial charge in [-0.3, -0.25) is 0 Å². The molecule has 1 saturated heterocycles. The van der Waals surface area contributed by atoms with Crippen LogP contribution in [0.3, 0.4) is 0 Å². The molecule has 0 aromatic heterocycles. The van der Waals surface area contributed by atoms with Gasteiger partial charge in [0.2, 0.25) is 0 Å². The normalized spacial score (nSPS) is 34.3. The van der Waals surface area contributed by atoms with E-state index in [1.807, 2.05) is 20.8 Å². The fraction of sp³-hybridized carbons (Fsp3) is 1.00. The average molecular weight is 314 g/mol. The van der Waals surface area contributed by atoms with E-state index in [2.05, 4.69) is 10.0 Å². The molecule has 0 bridgehead atoms. The van der Waals surface area contributed by atoms with Crippen LogP contribution in [-0.2, 0) is 16.1 Å². The Morgan fingerprint density at radius 1 is 1.19 bits per heavy atom. The molecule has 0 radical (unpaired) electrons. The van der Waals surface area contributed by atoms with Crippen molar-refractivity contribution >= 4 is 11.4 Å². The van der Waals surface area contributed by atoms with E-state index in [1.165, 1.54) is 25.7 Å². The molecular weight excluding hydrogens is 284 g/mol. The second kappa shape index (κ2) is 6.00. The molecule has 0 amide bonds. The number of ether oxygens (including phenoxy) is 1. The largest absolute Gasteiger partial charge is 0.598 e. The summed E-state index contributed by atoms with van der Waals surface area (Å²) in [6.07, 6.45) is 7.87. The van der Waals surface area contributed by atoms with E-state index in [4.69, 9.17) is 4.74 Å². The lowest BCUT2D eigenvalue weighted by atomic mass is 9.75. The molecule has 4 nitrogen and oxygen atoms in total. The third-order valence-corrected chi connectivity index (χ3v) is 6.80. The summed E-state index contributed by atoms with van der Waals surface area (Å²) in [6, 6.07) is 0.336. The number of rotatable bonds is 4. The molecule has 0 aromatic rings. The Morgan fingerprint density at radius 2 is 1.86 bits per heavy atom. The van der Waals surface area contributed by atoms with E-state index in [9.17, 15) is 4.55 Å².